The van der Waals surface area contributed by atoms with Crippen LogP contribution in [-0.2, 0) is 13.6 Å². The van der Waals surface area contributed by atoms with Crippen molar-refractivity contribution < 1.29 is 0 Å². The highest BCUT2D eigenvalue weighted by atomic mass is 35.5. The van der Waals surface area contributed by atoms with Crippen molar-refractivity contribution in [2.45, 2.75) is 6.54 Å². The van der Waals surface area contributed by atoms with E-state index in [1.54, 1.807) is 6.20 Å². The van der Waals surface area contributed by atoms with Crippen LogP contribution in [0.4, 0.5) is 5.69 Å². The number of anilines is 1. The Morgan fingerprint density at radius 2 is 1.80 bits per heavy atom. The molecule has 0 saturated carbocycles. The van der Waals surface area contributed by atoms with Crippen molar-refractivity contribution >= 4 is 17.3 Å². The van der Waals surface area contributed by atoms with E-state index in [1.165, 1.54) is 5.69 Å². The van der Waals surface area contributed by atoms with Gasteiger partial charge in [0, 0.05) is 38.9 Å². The van der Waals surface area contributed by atoms with E-state index in [0.29, 0.717) is 5.15 Å². The summed E-state index contributed by atoms with van der Waals surface area (Å²) < 4.78 is 1.95. The molecule has 2 heterocycles. The van der Waals surface area contributed by atoms with Gasteiger partial charge in [-0.15, -0.1) is 0 Å². The number of para-hydroxylation sites is 1. The molecule has 0 radical (unpaired) electrons. The fraction of sp³-hybridized carbons (Fsp3) is 0.400. The van der Waals surface area contributed by atoms with Crippen LogP contribution in [0.15, 0.2) is 36.5 Å². The molecule has 106 valence electrons. The van der Waals surface area contributed by atoms with Gasteiger partial charge in [0.15, 0.2) is 0 Å². The Kier molecular flexibility index (Phi) is 3.94. The van der Waals surface area contributed by atoms with Crippen molar-refractivity contribution in [2.24, 2.45) is 7.05 Å². The van der Waals surface area contributed by atoms with E-state index in [0.717, 1.165) is 38.5 Å². The average Bonchev–Trinajstić information content (AvgIpc) is 2.81. The maximum absolute atomic E-state index is 6.02. The summed E-state index contributed by atoms with van der Waals surface area (Å²) in [6, 6.07) is 10.6. The molecule has 0 spiro atoms. The number of rotatable bonds is 3. The van der Waals surface area contributed by atoms with Crippen LogP contribution in [0.1, 0.15) is 5.82 Å². The van der Waals surface area contributed by atoms with Crippen LogP contribution in [0.25, 0.3) is 0 Å². The molecule has 1 aromatic heterocycles. The van der Waals surface area contributed by atoms with Gasteiger partial charge in [-0.3, -0.25) is 4.90 Å². The minimum Gasteiger partial charge on any atom is -0.369 e. The summed E-state index contributed by atoms with van der Waals surface area (Å²) in [5, 5.41) is 0.697. The Bertz CT molecular complexity index is 559. The van der Waals surface area contributed by atoms with Crippen LogP contribution in [-0.4, -0.2) is 40.6 Å². The molecule has 5 heteroatoms. The first kappa shape index (κ1) is 13.5. The third-order valence-electron chi connectivity index (χ3n) is 3.89. The molecule has 1 aliphatic rings. The van der Waals surface area contributed by atoms with E-state index >= 15 is 0 Å². The maximum Gasteiger partial charge on any atom is 0.128 e. The van der Waals surface area contributed by atoms with E-state index in [1.807, 2.05) is 11.6 Å². The summed E-state index contributed by atoms with van der Waals surface area (Å²) in [7, 11) is 1.96. The minimum atomic E-state index is 0.697. The number of hydrogen-bond acceptors (Lipinski definition) is 3. The number of nitrogens with zero attached hydrogens (tertiary/aromatic N) is 4. The zero-order valence-electron chi connectivity index (χ0n) is 11.7. The second-order valence-corrected chi connectivity index (χ2v) is 5.54. The van der Waals surface area contributed by atoms with E-state index in [2.05, 4.69) is 45.1 Å². The Morgan fingerprint density at radius 3 is 2.40 bits per heavy atom. The molecule has 20 heavy (non-hydrogen) atoms. The fourth-order valence-electron chi connectivity index (χ4n) is 2.57. The van der Waals surface area contributed by atoms with Gasteiger partial charge in [-0.25, -0.2) is 4.98 Å². The minimum absolute atomic E-state index is 0.697. The largest absolute Gasteiger partial charge is 0.369 e. The highest BCUT2D eigenvalue weighted by molar-refractivity contribution is 6.29. The average molecular weight is 291 g/mol. The van der Waals surface area contributed by atoms with Crippen LogP contribution in [0.3, 0.4) is 0 Å². The van der Waals surface area contributed by atoms with Crippen molar-refractivity contribution in [2.75, 3.05) is 31.1 Å². The molecule has 1 aromatic carbocycles. The Balaban J connectivity index is 1.58. The van der Waals surface area contributed by atoms with E-state index in [-0.39, 0.29) is 0 Å². The van der Waals surface area contributed by atoms with Crippen molar-refractivity contribution in [3.63, 3.8) is 0 Å². The van der Waals surface area contributed by atoms with Crippen molar-refractivity contribution in [3.05, 3.63) is 47.5 Å². The smallest absolute Gasteiger partial charge is 0.128 e. The van der Waals surface area contributed by atoms with Crippen molar-refractivity contribution in [3.8, 4) is 0 Å². The first-order chi connectivity index (χ1) is 9.74. The zero-order chi connectivity index (χ0) is 13.9. The first-order valence-corrected chi connectivity index (χ1v) is 7.30. The number of hydrogen-bond donors (Lipinski definition) is 0. The van der Waals surface area contributed by atoms with Gasteiger partial charge in [0.1, 0.15) is 11.0 Å². The highest BCUT2D eigenvalue weighted by Gasteiger charge is 2.18. The lowest BCUT2D eigenvalue weighted by Crippen LogP contribution is -2.46. The van der Waals surface area contributed by atoms with Crippen molar-refractivity contribution in [1.29, 1.82) is 0 Å². The topological polar surface area (TPSA) is 24.3 Å². The third-order valence-corrected chi connectivity index (χ3v) is 4.24. The molecule has 4 nitrogen and oxygen atoms in total. The summed E-state index contributed by atoms with van der Waals surface area (Å²) in [5.74, 6) is 1.03. The molecule has 3 rings (SSSR count). The number of aromatic nitrogens is 2. The molecule has 0 atom stereocenters. The fourth-order valence-corrected chi connectivity index (χ4v) is 2.72. The maximum atomic E-state index is 6.02. The van der Waals surface area contributed by atoms with Crippen LogP contribution < -0.4 is 4.90 Å². The number of halogens is 1. The molecule has 1 fully saturated rings. The Hall–Kier alpha value is -1.52. The highest BCUT2D eigenvalue weighted by Crippen LogP contribution is 2.17. The molecule has 1 saturated heterocycles. The molecule has 1 aliphatic heterocycles. The van der Waals surface area contributed by atoms with Gasteiger partial charge >= 0.3 is 0 Å². The van der Waals surface area contributed by atoms with Gasteiger partial charge in [0.05, 0.1) is 12.7 Å². The Labute approximate surface area is 124 Å². The molecule has 2 aromatic rings. The number of benzene rings is 1. The Morgan fingerprint density at radius 1 is 1.10 bits per heavy atom. The van der Waals surface area contributed by atoms with Crippen LogP contribution in [0.2, 0.25) is 5.15 Å². The molecular formula is C15H19ClN4. The van der Waals surface area contributed by atoms with Gasteiger partial charge in [0.2, 0.25) is 0 Å². The van der Waals surface area contributed by atoms with Crippen molar-refractivity contribution in [1.82, 2.24) is 14.5 Å². The van der Waals surface area contributed by atoms with E-state index < -0.39 is 0 Å². The number of imidazole rings is 1. The van der Waals surface area contributed by atoms with Crippen LogP contribution >= 0.6 is 11.6 Å². The number of piperazine rings is 1. The lowest BCUT2D eigenvalue weighted by molar-refractivity contribution is 0.242. The quantitative estimate of drug-likeness (QED) is 0.867. The molecule has 0 N–H and O–H groups in total. The zero-order valence-corrected chi connectivity index (χ0v) is 12.4. The lowest BCUT2D eigenvalue weighted by atomic mass is 10.2. The standard InChI is InChI=1S/C15H19ClN4/c1-18-14(16)11-17-15(18)12-19-7-9-20(10-8-19)13-5-3-2-4-6-13/h2-6,11H,7-10,12H2,1H3. The van der Waals surface area contributed by atoms with Crippen LogP contribution in [0.5, 0.6) is 0 Å². The van der Waals surface area contributed by atoms with Gasteiger partial charge in [0.25, 0.3) is 0 Å². The van der Waals surface area contributed by atoms with Gasteiger partial charge in [-0.1, -0.05) is 29.8 Å². The molecule has 0 unspecified atom stereocenters. The first-order valence-electron chi connectivity index (χ1n) is 6.92. The normalized spacial score (nSPS) is 16.6. The van der Waals surface area contributed by atoms with Gasteiger partial charge < -0.3 is 9.47 Å². The predicted molar refractivity (Wildman–Crippen MR) is 82.2 cm³/mol. The summed E-state index contributed by atoms with van der Waals surface area (Å²) in [6.45, 7) is 5.09. The third kappa shape index (κ3) is 2.81. The monoisotopic (exact) mass is 290 g/mol. The lowest BCUT2D eigenvalue weighted by Gasteiger charge is -2.35. The molecule has 0 amide bonds. The summed E-state index contributed by atoms with van der Waals surface area (Å²) >= 11 is 6.02. The van der Waals surface area contributed by atoms with Gasteiger partial charge in [-0.05, 0) is 12.1 Å². The second-order valence-electron chi connectivity index (χ2n) is 5.15. The summed E-state index contributed by atoms with van der Waals surface area (Å²) in [5.41, 5.74) is 1.31. The summed E-state index contributed by atoms with van der Waals surface area (Å²) in [6.07, 6.45) is 1.72. The van der Waals surface area contributed by atoms with Crippen LogP contribution in [0, 0.1) is 0 Å². The van der Waals surface area contributed by atoms with E-state index in [4.69, 9.17) is 11.6 Å². The molecule has 0 aliphatic carbocycles. The summed E-state index contributed by atoms with van der Waals surface area (Å²) in [4.78, 5) is 9.22. The second kappa shape index (κ2) is 5.85. The predicted octanol–water partition coefficient (Wildman–Crippen LogP) is 2.40. The van der Waals surface area contributed by atoms with Gasteiger partial charge in [-0.2, -0.15) is 0 Å². The molecular weight excluding hydrogens is 272 g/mol. The van der Waals surface area contributed by atoms with E-state index in [9.17, 15) is 0 Å². The molecule has 0 bridgehead atoms. The SMILES string of the molecule is Cn1c(Cl)cnc1CN1CCN(c2ccccc2)CC1.